The molecule has 2 rings (SSSR count). The Morgan fingerprint density at radius 2 is 1.83 bits per heavy atom. The number of rotatable bonds is 7. The van der Waals surface area contributed by atoms with E-state index in [-0.39, 0.29) is 23.0 Å². The van der Waals surface area contributed by atoms with Crippen molar-refractivity contribution in [2.75, 3.05) is 32.8 Å². The Hall–Kier alpha value is -1.75. The van der Waals surface area contributed by atoms with Crippen molar-refractivity contribution in [1.82, 2.24) is 16.0 Å². The maximum absolute atomic E-state index is 13.4. The molecule has 1 atom stereocenters. The van der Waals surface area contributed by atoms with Crippen LogP contribution in [0.3, 0.4) is 0 Å². The number of carbonyl (C=O) groups is 2. The molecular formula is C18H25BClF2N3O4. The monoisotopic (exact) mass is 431 g/mol. The van der Waals surface area contributed by atoms with E-state index in [9.17, 15) is 18.4 Å². The van der Waals surface area contributed by atoms with Crippen molar-refractivity contribution in [3.63, 3.8) is 0 Å². The lowest BCUT2D eigenvalue weighted by atomic mass is 9.73. The van der Waals surface area contributed by atoms with Gasteiger partial charge in [0, 0.05) is 26.3 Å². The summed E-state index contributed by atoms with van der Waals surface area (Å²) >= 11 is 5.78. The molecule has 1 aromatic rings. The molecule has 0 radical (unpaired) electrons. The van der Waals surface area contributed by atoms with Crippen molar-refractivity contribution >= 4 is 30.5 Å². The molecule has 29 heavy (non-hydrogen) atoms. The third kappa shape index (κ3) is 7.54. The molecule has 0 aliphatic carbocycles. The molecule has 1 aliphatic heterocycles. The topological polar surface area (TPSA) is 88.7 Å². The van der Waals surface area contributed by atoms with Crippen LogP contribution in [0, 0.1) is 17.6 Å². The molecule has 2 amide bonds. The molecule has 1 heterocycles. The molecule has 3 N–H and O–H groups in total. The summed E-state index contributed by atoms with van der Waals surface area (Å²) in [5.74, 6) is -3.73. The summed E-state index contributed by atoms with van der Waals surface area (Å²) < 4.78 is 37.9. The fraction of sp³-hybridized carbons (Fsp3) is 0.556. The minimum absolute atomic E-state index is 0.246. The van der Waals surface area contributed by atoms with Crippen molar-refractivity contribution in [2.24, 2.45) is 5.92 Å². The number of benzene rings is 1. The molecule has 7 nitrogen and oxygen atoms in total. The third-order valence-electron chi connectivity index (χ3n) is 4.19. The number of halogens is 3. The van der Waals surface area contributed by atoms with E-state index in [0.717, 1.165) is 0 Å². The Bertz CT molecular complexity index is 719. The van der Waals surface area contributed by atoms with Gasteiger partial charge in [-0.05, 0) is 24.5 Å². The quantitative estimate of drug-likeness (QED) is 0.450. The molecule has 1 fully saturated rings. The van der Waals surface area contributed by atoms with Crippen molar-refractivity contribution in [1.29, 1.82) is 0 Å². The van der Waals surface area contributed by atoms with Crippen LogP contribution in [0.5, 0.6) is 0 Å². The van der Waals surface area contributed by atoms with Gasteiger partial charge in [-0.2, -0.15) is 0 Å². The molecule has 0 saturated carbocycles. The highest BCUT2D eigenvalue weighted by Crippen LogP contribution is 2.19. The fourth-order valence-electron chi connectivity index (χ4n) is 2.86. The second-order valence-corrected chi connectivity index (χ2v) is 7.50. The Labute approximate surface area is 174 Å². The van der Waals surface area contributed by atoms with E-state index in [2.05, 4.69) is 16.0 Å². The van der Waals surface area contributed by atoms with Crippen LogP contribution >= 0.6 is 11.6 Å². The van der Waals surface area contributed by atoms with Crippen molar-refractivity contribution in [2.45, 2.75) is 26.2 Å². The summed E-state index contributed by atoms with van der Waals surface area (Å²) in [6.45, 7) is 5.92. The van der Waals surface area contributed by atoms with Gasteiger partial charge in [0.2, 0.25) is 5.91 Å². The predicted octanol–water partition coefficient (Wildman–Crippen LogP) is 1.54. The smallest absolute Gasteiger partial charge is 0.408 e. The predicted molar refractivity (Wildman–Crippen MR) is 106 cm³/mol. The van der Waals surface area contributed by atoms with Gasteiger partial charge >= 0.3 is 7.12 Å². The average Bonchev–Trinajstić information content (AvgIpc) is 2.61. The lowest BCUT2D eigenvalue weighted by Crippen LogP contribution is -2.53. The third-order valence-corrected chi connectivity index (χ3v) is 4.50. The molecule has 11 heteroatoms. The SMILES string of the molecule is CC(C)C[C@H](NC(=O)CNC(=O)c1cc(F)c(F)cc1Cl)B1OCCNCCO1. The van der Waals surface area contributed by atoms with Gasteiger partial charge in [-0.25, -0.2) is 8.78 Å². The minimum atomic E-state index is -1.20. The van der Waals surface area contributed by atoms with Crippen LogP contribution in [0.4, 0.5) is 8.78 Å². The fourth-order valence-corrected chi connectivity index (χ4v) is 3.09. The number of amides is 2. The van der Waals surface area contributed by atoms with Crippen LogP contribution in [0.1, 0.15) is 30.6 Å². The van der Waals surface area contributed by atoms with Gasteiger partial charge in [-0.15, -0.1) is 0 Å². The van der Waals surface area contributed by atoms with Gasteiger partial charge in [0.15, 0.2) is 11.6 Å². The van der Waals surface area contributed by atoms with Crippen LogP contribution < -0.4 is 16.0 Å². The van der Waals surface area contributed by atoms with Crippen LogP contribution in [0.15, 0.2) is 12.1 Å². The zero-order valence-electron chi connectivity index (χ0n) is 16.4. The van der Waals surface area contributed by atoms with Gasteiger partial charge in [0.05, 0.1) is 23.1 Å². The Morgan fingerprint density at radius 1 is 1.21 bits per heavy atom. The zero-order valence-corrected chi connectivity index (χ0v) is 17.2. The van der Waals surface area contributed by atoms with Gasteiger partial charge in [-0.1, -0.05) is 25.4 Å². The maximum Gasteiger partial charge on any atom is 0.480 e. The van der Waals surface area contributed by atoms with Crippen molar-refractivity contribution in [3.8, 4) is 0 Å². The number of nitrogens with one attached hydrogen (secondary N) is 3. The molecule has 1 aromatic carbocycles. The number of hydrogen-bond donors (Lipinski definition) is 3. The highest BCUT2D eigenvalue weighted by atomic mass is 35.5. The van der Waals surface area contributed by atoms with Crippen LogP contribution in [0.2, 0.25) is 5.02 Å². The van der Waals surface area contributed by atoms with Crippen LogP contribution in [-0.2, 0) is 14.1 Å². The first-order valence-electron chi connectivity index (χ1n) is 9.44. The van der Waals surface area contributed by atoms with E-state index in [1.54, 1.807) is 0 Å². The summed E-state index contributed by atoms with van der Waals surface area (Å²) in [6, 6.07) is 1.40. The molecule has 160 valence electrons. The van der Waals surface area contributed by atoms with E-state index >= 15 is 0 Å². The highest BCUT2D eigenvalue weighted by Gasteiger charge is 2.33. The second-order valence-electron chi connectivity index (χ2n) is 7.09. The molecule has 0 bridgehead atoms. The second kappa shape index (κ2) is 11.4. The molecule has 0 spiro atoms. The largest absolute Gasteiger partial charge is 0.480 e. The highest BCUT2D eigenvalue weighted by molar-refractivity contribution is 6.47. The summed E-state index contributed by atoms with van der Waals surface area (Å²) in [7, 11) is -0.597. The van der Waals surface area contributed by atoms with E-state index < -0.39 is 36.5 Å². The Balaban J connectivity index is 1.95. The summed E-state index contributed by atoms with van der Waals surface area (Å²) in [5.41, 5.74) is -0.253. The first-order valence-corrected chi connectivity index (χ1v) is 9.81. The standard InChI is InChI=1S/C18H25BClF2N3O4/c1-11(2)7-16(19-28-5-3-23-4-6-29-19)25-17(26)10-24-18(27)12-8-14(21)15(22)9-13(12)20/h8-9,11,16,23H,3-7,10H2,1-2H3,(H,24,27)(H,25,26)/t16-/m0/s1. The molecular weight excluding hydrogens is 406 g/mol. The van der Waals surface area contributed by atoms with E-state index in [1.807, 2.05) is 13.8 Å². The normalized spacial score (nSPS) is 16.1. The molecule has 0 unspecified atom stereocenters. The number of hydrogen-bond acceptors (Lipinski definition) is 5. The van der Waals surface area contributed by atoms with E-state index in [4.69, 9.17) is 20.9 Å². The first kappa shape index (κ1) is 23.5. The zero-order chi connectivity index (χ0) is 21.4. The Morgan fingerprint density at radius 3 is 2.45 bits per heavy atom. The molecule has 0 aromatic heterocycles. The van der Waals surface area contributed by atoms with E-state index in [1.165, 1.54) is 0 Å². The van der Waals surface area contributed by atoms with Crippen molar-refractivity contribution < 1.29 is 27.7 Å². The lowest BCUT2D eigenvalue weighted by Gasteiger charge is -2.27. The van der Waals surface area contributed by atoms with Crippen molar-refractivity contribution in [3.05, 3.63) is 34.4 Å². The van der Waals surface area contributed by atoms with Crippen LogP contribution in [0.25, 0.3) is 0 Å². The first-order chi connectivity index (χ1) is 13.8. The van der Waals surface area contributed by atoms with Gasteiger partial charge in [0.1, 0.15) is 0 Å². The number of carbonyl (C=O) groups excluding carboxylic acids is 2. The lowest BCUT2D eigenvalue weighted by molar-refractivity contribution is -0.120. The van der Waals surface area contributed by atoms with Crippen LogP contribution in [-0.4, -0.2) is 57.7 Å². The minimum Gasteiger partial charge on any atom is -0.408 e. The summed E-state index contributed by atoms with van der Waals surface area (Å²) in [4.78, 5) is 24.5. The van der Waals surface area contributed by atoms with E-state index in [0.29, 0.717) is 44.9 Å². The maximum atomic E-state index is 13.4. The van der Waals surface area contributed by atoms with Gasteiger partial charge in [0.25, 0.3) is 5.91 Å². The summed E-state index contributed by atoms with van der Waals surface area (Å²) in [6.07, 6.45) is 0.618. The van der Waals surface area contributed by atoms with Gasteiger partial charge < -0.3 is 25.3 Å². The average molecular weight is 432 g/mol. The molecule has 1 saturated heterocycles. The van der Waals surface area contributed by atoms with Gasteiger partial charge in [-0.3, -0.25) is 9.59 Å². The summed E-state index contributed by atoms with van der Waals surface area (Å²) in [5, 5.41) is 8.07. The molecule has 1 aliphatic rings. The Kier molecular flexibility index (Phi) is 9.29.